The number of benzene rings is 3. The third kappa shape index (κ3) is 9.30. The fourth-order valence-corrected chi connectivity index (χ4v) is 10.3. The van der Waals surface area contributed by atoms with E-state index in [-0.39, 0.29) is 35.1 Å². The number of fused-ring (bicyclic) bond motifs is 1. The molecule has 0 aliphatic carbocycles. The van der Waals surface area contributed by atoms with E-state index in [1.54, 1.807) is 12.3 Å². The average Bonchev–Trinajstić information content (AvgIpc) is 3.55. The number of carbonyl (C=O) groups is 4. The molecule has 1 N–H and O–H groups in total. The molecular weight excluding hydrogens is 849 g/mol. The predicted octanol–water partition coefficient (Wildman–Crippen LogP) is 5.95. The lowest BCUT2D eigenvalue weighted by atomic mass is 9.78. The lowest BCUT2D eigenvalue weighted by Crippen LogP contribution is -2.54. The minimum absolute atomic E-state index is 0.0251. The van der Waals surface area contributed by atoms with Gasteiger partial charge in [-0.25, -0.2) is 14.4 Å². The van der Waals surface area contributed by atoms with Crippen molar-refractivity contribution in [2.24, 2.45) is 5.92 Å². The molecule has 0 bridgehead atoms. The van der Waals surface area contributed by atoms with Gasteiger partial charge in [0.05, 0.1) is 34.1 Å². The lowest BCUT2D eigenvalue weighted by Gasteiger charge is -2.43. The van der Waals surface area contributed by atoms with Crippen LogP contribution in [-0.2, 0) is 21.6 Å². The van der Waals surface area contributed by atoms with Crippen LogP contribution < -0.4 is 19.9 Å². The zero-order valence-electron chi connectivity index (χ0n) is 36.8. The molecule has 0 radical (unpaired) electrons. The summed E-state index contributed by atoms with van der Waals surface area (Å²) in [5, 5.41) is 12.2. The molecule has 3 aromatic carbocycles. The summed E-state index contributed by atoms with van der Waals surface area (Å²) in [5.41, 5.74) is 3.38. The highest BCUT2D eigenvalue weighted by Gasteiger charge is 2.45. The number of anilines is 2. The highest BCUT2D eigenvalue weighted by Crippen LogP contribution is 2.36. The largest absolute Gasteiger partial charge is 0.487 e. The summed E-state index contributed by atoms with van der Waals surface area (Å²) in [6.07, 6.45) is 6.26. The number of nitrogens with zero attached hydrogens (tertiary/aromatic N) is 8. The summed E-state index contributed by atoms with van der Waals surface area (Å²) in [7, 11) is 0. The van der Waals surface area contributed by atoms with E-state index < -0.39 is 35.5 Å². The smallest absolute Gasteiger partial charge is 0.262 e. The maximum absolute atomic E-state index is 15.5. The summed E-state index contributed by atoms with van der Waals surface area (Å²) < 4.78 is 21.7. The van der Waals surface area contributed by atoms with Gasteiger partial charge < -0.3 is 19.4 Å². The predicted molar refractivity (Wildman–Crippen MR) is 242 cm³/mol. The molecule has 4 saturated heterocycles. The Morgan fingerprint density at radius 1 is 0.831 bits per heavy atom. The molecule has 0 spiro atoms. The van der Waals surface area contributed by atoms with Crippen LogP contribution in [0.5, 0.6) is 5.75 Å². The number of piperidine rings is 3. The number of ether oxygens (including phenoxy) is 1. The van der Waals surface area contributed by atoms with Crippen molar-refractivity contribution in [1.29, 1.82) is 5.26 Å². The Morgan fingerprint density at radius 2 is 1.54 bits per heavy atom. The van der Waals surface area contributed by atoms with Crippen LogP contribution in [0, 0.1) is 23.1 Å². The first-order valence-electron chi connectivity index (χ1n) is 22.6. The van der Waals surface area contributed by atoms with E-state index in [1.807, 2.05) is 47.4 Å². The molecule has 65 heavy (non-hydrogen) atoms. The third-order valence-corrected chi connectivity index (χ3v) is 14.3. The van der Waals surface area contributed by atoms with Gasteiger partial charge in [-0.15, -0.1) is 0 Å². The number of halogens is 2. The molecule has 1 aromatic heterocycles. The van der Waals surface area contributed by atoms with Gasteiger partial charge in [-0.3, -0.25) is 34.3 Å². The van der Waals surface area contributed by atoms with Crippen molar-refractivity contribution in [2.75, 3.05) is 68.7 Å². The number of piperazine rings is 1. The van der Waals surface area contributed by atoms with Gasteiger partial charge >= 0.3 is 0 Å². The Labute approximate surface area is 383 Å². The third-order valence-electron chi connectivity index (χ3n) is 14.1. The van der Waals surface area contributed by atoms with E-state index in [4.69, 9.17) is 21.3 Å². The molecule has 9 rings (SSSR count). The average molecular weight is 902 g/mol. The number of hydrogen-bond acceptors (Lipinski definition) is 12. The van der Waals surface area contributed by atoms with Gasteiger partial charge in [0.2, 0.25) is 17.8 Å². The summed E-state index contributed by atoms with van der Waals surface area (Å²) in [4.78, 5) is 70.3. The molecule has 5 aliphatic rings. The Morgan fingerprint density at radius 3 is 2.23 bits per heavy atom. The van der Waals surface area contributed by atoms with Crippen molar-refractivity contribution in [3.63, 3.8) is 0 Å². The van der Waals surface area contributed by atoms with Crippen LogP contribution in [0.15, 0.2) is 66.9 Å². The fourth-order valence-electron chi connectivity index (χ4n) is 10.1. The fraction of sp³-hybridized carbons (Fsp3) is 0.449. The molecule has 0 saturated carbocycles. The van der Waals surface area contributed by atoms with Gasteiger partial charge in [0.1, 0.15) is 24.2 Å². The number of hydrogen-bond donors (Lipinski definition) is 1. The first-order valence-corrected chi connectivity index (χ1v) is 23.0. The molecule has 338 valence electrons. The number of nitrogens with one attached hydrogen (secondary N) is 1. The maximum atomic E-state index is 15.5. The quantitative estimate of drug-likeness (QED) is 0.177. The second kappa shape index (κ2) is 18.5. The standard InChI is InChI=1S/C49H53ClFN9O5/c1-49(2,34-23-32(28-52)24-35(50)25-34)33-3-5-38(6-4-33)65-30-36-9-14-53-48(54-36)59-17-12-37(13-18-59)57-15-10-31(11-16-57)29-56-19-21-58(22-20-56)43-27-40-39(26-41(43)51)46(63)60(47(40)64)42-7-8-44(61)55-45(42)62/h3-6,9,14,23-27,31,37,42H,7-8,10-13,15-22,29-30H2,1-2H3,(H,55,61,62). The van der Waals surface area contributed by atoms with Gasteiger partial charge in [0, 0.05) is 74.9 Å². The Bertz CT molecular complexity index is 2530. The van der Waals surface area contributed by atoms with Crippen molar-refractivity contribution < 1.29 is 28.3 Å². The summed E-state index contributed by atoms with van der Waals surface area (Å²) in [5.74, 6) is -0.976. The van der Waals surface area contributed by atoms with E-state index in [1.165, 1.54) is 6.07 Å². The summed E-state index contributed by atoms with van der Waals surface area (Å²) >= 11 is 6.31. The number of aromatic nitrogens is 2. The topological polar surface area (TPSA) is 155 Å². The zero-order chi connectivity index (χ0) is 45.4. The van der Waals surface area contributed by atoms with Crippen molar-refractivity contribution >= 4 is 46.9 Å². The highest BCUT2D eigenvalue weighted by molar-refractivity contribution is 6.30. The molecule has 5 aliphatic heterocycles. The van der Waals surface area contributed by atoms with E-state index in [0.717, 1.165) is 111 Å². The van der Waals surface area contributed by atoms with Crippen LogP contribution in [-0.4, -0.2) is 119 Å². The lowest BCUT2D eigenvalue weighted by molar-refractivity contribution is -0.136. The molecule has 4 aromatic rings. The summed E-state index contributed by atoms with van der Waals surface area (Å²) in [6.45, 7) is 12.2. The second-order valence-electron chi connectivity index (χ2n) is 18.4. The summed E-state index contributed by atoms with van der Waals surface area (Å²) in [6, 6.07) is 19.6. The van der Waals surface area contributed by atoms with Gasteiger partial charge in [0.15, 0.2) is 0 Å². The number of amides is 4. The first-order chi connectivity index (χ1) is 31.3. The van der Waals surface area contributed by atoms with Crippen LogP contribution >= 0.6 is 11.6 Å². The molecule has 6 heterocycles. The van der Waals surface area contributed by atoms with Crippen molar-refractivity contribution in [3.8, 4) is 11.8 Å². The van der Waals surface area contributed by atoms with Crippen molar-refractivity contribution in [2.45, 2.75) is 76.5 Å². The van der Waals surface area contributed by atoms with E-state index in [9.17, 15) is 24.4 Å². The number of imide groups is 2. The minimum Gasteiger partial charge on any atom is -0.487 e. The molecule has 4 amide bonds. The van der Waals surface area contributed by atoms with Crippen LogP contribution in [0.4, 0.5) is 16.0 Å². The number of rotatable bonds is 11. The van der Waals surface area contributed by atoms with Gasteiger partial charge in [-0.05, 0) is 111 Å². The molecular formula is C49H53ClFN9O5. The monoisotopic (exact) mass is 901 g/mol. The van der Waals surface area contributed by atoms with E-state index in [0.29, 0.717) is 42.2 Å². The Balaban J connectivity index is 0.705. The second-order valence-corrected chi connectivity index (χ2v) is 18.8. The minimum atomic E-state index is -1.09. The van der Waals surface area contributed by atoms with Gasteiger partial charge in [0.25, 0.3) is 11.8 Å². The Hall–Kier alpha value is -5.95. The molecule has 1 unspecified atom stereocenters. The molecule has 14 nitrogen and oxygen atoms in total. The molecule has 1 atom stereocenters. The highest BCUT2D eigenvalue weighted by atomic mass is 35.5. The SMILES string of the molecule is CC(C)(c1ccc(OCc2ccnc(N3CCC(N4CCC(CN5CCN(c6cc7c(cc6F)C(=O)N(C6CCC(=O)NC6=O)C7=O)CC5)CC4)CC3)n2)cc1)c1cc(Cl)cc(C#N)c1. The zero-order valence-corrected chi connectivity index (χ0v) is 37.5. The Kier molecular flexibility index (Phi) is 12.6. The number of carbonyl (C=O) groups excluding carboxylic acids is 4. The first kappa shape index (κ1) is 44.3. The van der Waals surface area contributed by atoms with Crippen LogP contribution in [0.3, 0.4) is 0 Å². The number of likely N-dealkylation sites (tertiary alicyclic amines) is 1. The number of nitriles is 1. The molecule has 16 heteroatoms. The molecule has 4 fully saturated rings. The normalized spacial score (nSPS) is 20.5. The maximum Gasteiger partial charge on any atom is 0.262 e. The van der Waals surface area contributed by atoms with Crippen LogP contribution in [0.1, 0.15) is 95.5 Å². The van der Waals surface area contributed by atoms with E-state index in [2.05, 4.69) is 44.9 Å². The van der Waals surface area contributed by atoms with Crippen molar-refractivity contribution in [1.82, 2.24) is 30.0 Å². The van der Waals surface area contributed by atoms with Gasteiger partial charge in [-0.1, -0.05) is 37.6 Å². The van der Waals surface area contributed by atoms with Gasteiger partial charge in [-0.2, -0.15) is 5.26 Å². The van der Waals surface area contributed by atoms with Crippen LogP contribution in [0.2, 0.25) is 5.02 Å². The van der Waals surface area contributed by atoms with E-state index >= 15 is 4.39 Å². The van der Waals surface area contributed by atoms with Crippen LogP contribution in [0.25, 0.3) is 0 Å². The van der Waals surface area contributed by atoms with Crippen molar-refractivity contribution in [3.05, 3.63) is 111 Å².